The third-order valence-electron chi connectivity index (χ3n) is 3.39. The Hall–Kier alpha value is -2.43. The Bertz CT molecular complexity index is 684. The maximum Gasteiger partial charge on any atom is 0.359 e. The normalized spacial score (nSPS) is 10.8. The standard InChI is InChI=1S/C17H20N2O3/c1-5-22-17(21)16-15(12(4)20)10-19(18-16)14-8-6-13(7-9-14)11(2)3/h6-11H,5H2,1-4H3. The zero-order chi connectivity index (χ0) is 16.3. The molecule has 2 rings (SSSR count). The van der Waals surface area contributed by atoms with Crippen LogP contribution < -0.4 is 0 Å². The molecular weight excluding hydrogens is 280 g/mol. The predicted molar refractivity (Wildman–Crippen MR) is 83.6 cm³/mol. The van der Waals surface area contributed by atoms with Crippen LogP contribution in [-0.4, -0.2) is 28.1 Å². The number of carbonyl (C=O) groups excluding carboxylic acids is 2. The van der Waals surface area contributed by atoms with E-state index >= 15 is 0 Å². The molecule has 0 aliphatic rings. The van der Waals surface area contributed by atoms with E-state index in [1.807, 2.05) is 24.3 Å². The number of benzene rings is 1. The molecule has 0 fully saturated rings. The van der Waals surface area contributed by atoms with Crippen molar-refractivity contribution < 1.29 is 14.3 Å². The van der Waals surface area contributed by atoms with E-state index in [0.29, 0.717) is 5.92 Å². The van der Waals surface area contributed by atoms with Gasteiger partial charge in [0.2, 0.25) is 0 Å². The van der Waals surface area contributed by atoms with Crippen LogP contribution in [0.1, 0.15) is 60.0 Å². The van der Waals surface area contributed by atoms with Gasteiger partial charge in [-0.1, -0.05) is 26.0 Å². The van der Waals surface area contributed by atoms with Gasteiger partial charge in [-0.15, -0.1) is 0 Å². The third-order valence-corrected chi connectivity index (χ3v) is 3.39. The second-order valence-corrected chi connectivity index (χ2v) is 5.36. The molecule has 0 unspecified atom stereocenters. The van der Waals surface area contributed by atoms with Crippen molar-refractivity contribution in [3.8, 4) is 5.69 Å². The fourth-order valence-corrected chi connectivity index (χ4v) is 2.13. The lowest BCUT2D eigenvalue weighted by Crippen LogP contribution is -2.10. The van der Waals surface area contributed by atoms with Crippen LogP contribution in [-0.2, 0) is 4.74 Å². The maximum absolute atomic E-state index is 11.9. The molecule has 1 aromatic carbocycles. The second-order valence-electron chi connectivity index (χ2n) is 5.36. The molecular formula is C17H20N2O3. The molecule has 5 heteroatoms. The van der Waals surface area contributed by atoms with Gasteiger partial charge < -0.3 is 4.74 Å². The number of aromatic nitrogens is 2. The lowest BCUT2D eigenvalue weighted by Gasteiger charge is -2.06. The van der Waals surface area contributed by atoms with Crippen LogP contribution in [0.4, 0.5) is 0 Å². The van der Waals surface area contributed by atoms with Crippen LogP contribution in [0.2, 0.25) is 0 Å². The lowest BCUT2D eigenvalue weighted by molar-refractivity contribution is 0.0516. The highest BCUT2D eigenvalue weighted by atomic mass is 16.5. The molecule has 0 aliphatic carbocycles. The minimum atomic E-state index is -0.578. The molecule has 0 N–H and O–H groups in total. The van der Waals surface area contributed by atoms with Crippen molar-refractivity contribution in [3.05, 3.63) is 47.3 Å². The minimum absolute atomic E-state index is 0.0577. The number of nitrogens with zero attached hydrogens (tertiary/aromatic N) is 2. The van der Waals surface area contributed by atoms with E-state index in [4.69, 9.17) is 4.74 Å². The van der Waals surface area contributed by atoms with Gasteiger partial charge in [-0.05, 0) is 37.5 Å². The van der Waals surface area contributed by atoms with E-state index in [-0.39, 0.29) is 23.6 Å². The van der Waals surface area contributed by atoms with Gasteiger partial charge in [0.15, 0.2) is 11.5 Å². The van der Waals surface area contributed by atoms with Gasteiger partial charge in [0, 0.05) is 6.20 Å². The number of hydrogen-bond donors (Lipinski definition) is 0. The molecule has 2 aromatic rings. The van der Waals surface area contributed by atoms with Crippen LogP contribution in [0.5, 0.6) is 0 Å². The molecule has 0 spiro atoms. The van der Waals surface area contributed by atoms with Crippen molar-refractivity contribution in [2.24, 2.45) is 0 Å². The largest absolute Gasteiger partial charge is 0.461 e. The van der Waals surface area contributed by atoms with Crippen LogP contribution in [0, 0.1) is 0 Å². The number of hydrogen-bond acceptors (Lipinski definition) is 4. The van der Waals surface area contributed by atoms with Crippen LogP contribution in [0.3, 0.4) is 0 Å². The predicted octanol–water partition coefficient (Wildman–Crippen LogP) is 3.38. The van der Waals surface area contributed by atoms with Crippen molar-refractivity contribution in [1.29, 1.82) is 0 Å². The highest BCUT2D eigenvalue weighted by Crippen LogP contribution is 2.18. The molecule has 0 atom stereocenters. The van der Waals surface area contributed by atoms with Gasteiger partial charge in [0.25, 0.3) is 0 Å². The Morgan fingerprint density at radius 3 is 2.36 bits per heavy atom. The van der Waals surface area contributed by atoms with Crippen LogP contribution >= 0.6 is 0 Å². The molecule has 1 heterocycles. The molecule has 0 radical (unpaired) electrons. The summed E-state index contributed by atoms with van der Waals surface area (Å²) in [6, 6.07) is 7.86. The van der Waals surface area contributed by atoms with Gasteiger partial charge in [0.1, 0.15) is 0 Å². The van der Waals surface area contributed by atoms with Crippen LogP contribution in [0.15, 0.2) is 30.5 Å². The fraction of sp³-hybridized carbons (Fsp3) is 0.353. The molecule has 0 saturated heterocycles. The topological polar surface area (TPSA) is 61.2 Å². The summed E-state index contributed by atoms with van der Waals surface area (Å²) in [5.74, 6) is -0.354. The highest BCUT2D eigenvalue weighted by molar-refractivity contribution is 6.04. The average Bonchev–Trinajstić information content (AvgIpc) is 2.93. The second kappa shape index (κ2) is 6.56. The molecule has 5 nitrogen and oxygen atoms in total. The Kier molecular flexibility index (Phi) is 4.75. The van der Waals surface area contributed by atoms with E-state index < -0.39 is 5.97 Å². The molecule has 0 saturated carbocycles. The van der Waals surface area contributed by atoms with Gasteiger partial charge in [-0.2, -0.15) is 5.10 Å². The van der Waals surface area contributed by atoms with E-state index in [1.54, 1.807) is 13.1 Å². The third kappa shape index (κ3) is 3.24. The molecule has 22 heavy (non-hydrogen) atoms. The van der Waals surface area contributed by atoms with E-state index in [1.165, 1.54) is 17.2 Å². The first-order chi connectivity index (χ1) is 10.4. The minimum Gasteiger partial charge on any atom is -0.461 e. The summed E-state index contributed by atoms with van der Waals surface area (Å²) < 4.78 is 6.49. The van der Waals surface area contributed by atoms with Crippen molar-refractivity contribution in [1.82, 2.24) is 9.78 Å². The van der Waals surface area contributed by atoms with Gasteiger partial charge in [-0.3, -0.25) is 4.79 Å². The number of esters is 1. The molecule has 116 valence electrons. The first-order valence-electron chi connectivity index (χ1n) is 7.32. The van der Waals surface area contributed by atoms with Crippen molar-refractivity contribution in [2.45, 2.75) is 33.6 Å². The maximum atomic E-state index is 11.9. The average molecular weight is 300 g/mol. The van der Waals surface area contributed by atoms with Crippen molar-refractivity contribution in [2.75, 3.05) is 6.61 Å². The van der Waals surface area contributed by atoms with Gasteiger partial charge in [-0.25, -0.2) is 9.48 Å². The Labute approximate surface area is 129 Å². The van der Waals surface area contributed by atoms with E-state index in [9.17, 15) is 9.59 Å². The highest BCUT2D eigenvalue weighted by Gasteiger charge is 2.21. The summed E-state index contributed by atoms with van der Waals surface area (Å²) in [4.78, 5) is 23.6. The Morgan fingerprint density at radius 2 is 1.86 bits per heavy atom. The summed E-state index contributed by atoms with van der Waals surface area (Å²) in [5.41, 5.74) is 2.34. The molecule has 0 bridgehead atoms. The molecule has 0 aliphatic heterocycles. The summed E-state index contributed by atoms with van der Waals surface area (Å²) in [6.45, 7) is 7.61. The number of ether oxygens (including phenoxy) is 1. The number of rotatable bonds is 5. The zero-order valence-electron chi connectivity index (χ0n) is 13.3. The zero-order valence-corrected chi connectivity index (χ0v) is 13.3. The molecule has 0 amide bonds. The van der Waals surface area contributed by atoms with Crippen molar-refractivity contribution >= 4 is 11.8 Å². The Morgan fingerprint density at radius 1 is 1.23 bits per heavy atom. The first-order valence-corrected chi connectivity index (χ1v) is 7.32. The number of carbonyl (C=O) groups is 2. The monoisotopic (exact) mass is 300 g/mol. The Balaban J connectivity index is 2.41. The SMILES string of the molecule is CCOC(=O)c1nn(-c2ccc(C(C)C)cc2)cc1C(C)=O. The number of Topliss-reactive ketones (excluding diaryl/α,β-unsaturated/α-hetero) is 1. The van der Waals surface area contributed by atoms with Gasteiger partial charge >= 0.3 is 5.97 Å². The van der Waals surface area contributed by atoms with Crippen LogP contribution in [0.25, 0.3) is 5.69 Å². The lowest BCUT2D eigenvalue weighted by atomic mass is 10.0. The van der Waals surface area contributed by atoms with E-state index in [2.05, 4.69) is 18.9 Å². The smallest absolute Gasteiger partial charge is 0.359 e. The molecule has 1 aromatic heterocycles. The van der Waals surface area contributed by atoms with Crippen molar-refractivity contribution in [3.63, 3.8) is 0 Å². The van der Waals surface area contributed by atoms with E-state index in [0.717, 1.165) is 5.69 Å². The van der Waals surface area contributed by atoms with Gasteiger partial charge in [0.05, 0.1) is 17.9 Å². The summed E-state index contributed by atoms with van der Waals surface area (Å²) >= 11 is 0. The quantitative estimate of drug-likeness (QED) is 0.627. The summed E-state index contributed by atoms with van der Waals surface area (Å²) in [6.07, 6.45) is 1.57. The fourth-order valence-electron chi connectivity index (χ4n) is 2.13. The summed E-state index contributed by atoms with van der Waals surface area (Å²) in [5, 5.41) is 4.22. The first kappa shape index (κ1) is 15.9. The summed E-state index contributed by atoms with van der Waals surface area (Å²) in [7, 11) is 0. The number of ketones is 1.